The predicted molar refractivity (Wildman–Crippen MR) is 105 cm³/mol. The summed E-state index contributed by atoms with van der Waals surface area (Å²) in [6, 6.07) is 7.04. The van der Waals surface area contributed by atoms with Crippen molar-refractivity contribution in [3.63, 3.8) is 0 Å². The Bertz CT molecular complexity index is 1020. The van der Waals surface area contributed by atoms with Gasteiger partial charge in [-0.2, -0.15) is 0 Å². The number of carbonyl (C=O) groups is 1. The van der Waals surface area contributed by atoms with Gasteiger partial charge in [-0.1, -0.05) is 50.6 Å². The molecule has 5 nitrogen and oxygen atoms in total. The fourth-order valence-electron chi connectivity index (χ4n) is 3.14. The lowest BCUT2D eigenvalue weighted by molar-refractivity contribution is -0.141. The van der Waals surface area contributed by atoms with Crippen LogP contribution in [0.4, 0.5) is 0 Å². The molecule has 0 aliphatic heterocycles. The highest BCUT2D eigenvalue weighted by molar-refractivity contribution is 7.17. The van der Waals surface area contributed by atoms with E-state index in [1.807, 2.05) is 50.4 Å². The van der Waals surface area contributed by atoms with Gasteiger partial charge in [-0.25, -0.2) is 9.78 Å². The highest BCUT2D eigenvalue weighted by Gasteiger charge is 2.26. The Kier molecular flexibility index (Phi) is 4.96. The first kappa shape index (κ1) is 18.3. The fraction of sp³-hybridized carbons (Fsp3) is 0.350. The molecule has 0 spiro atoms. The van der Waals surface area contributed by atoms with Crippen LogP contribution < -0.4 is 5.56 Å². The number of hydrogen-bond acceptors (Lipinski definition) is 4. The molecule has 2 heterocycles. The Morgan fingerprint density at radius 1 is 1.27 bits per heavy atom. The second kappa shape index (κ2) is 7.03. The minimum Gasteiger partial charge on any atom is -0.480 e. The van der Waals surface area contributed by atoms with Crippen molar-refractivity contribution in [3.8, 4) is 11.1 Å². The van der Waals surface area contributed by atoms with Crippen molar-refractivity contribution in [3.05, 3.63) is 51.4 Å². The number of carboxylic acids is 1. The van der Waals surface area contributed by atoms with E-state index in [1.165, 1.54) is 15.9 Å². The molecule has 0 aliphatic rings. The summed E-state index contributed by atoms with van der Waals surface area (Å²) in [6.45, 7) is 7.63. The number of aromatic nitrogens is 2. The molecule has 0 fully saturated rings. The Labute approximate surface area is 155 Å². The molecule has 26 heavy (non-hydrogen) atoms. The van der Waals surface area contributed by atoms with Gasteiger partial charge in [-0.3, -0.25) is 9.36 Å². The van der Waals surface area contributed by atoms with E-state index in [1.54, 1.807) is 6.92 Å². The molecule has 3 rings (SSSR count). The van der Waals surface area contributed by atoms with Crippen LogP contribution in [0.3, 0.4) is 0 Å². The van der Waals surface area contributed by atoms with Crippen molar-refractivity contribution in [1.29, 1.82) is 0 Å². The number of thiophene rings is 1. The van der Waals surface area contributed by atoms with E-state index in [2.05, 4.69) is 4.98 Å². The standard InChI is InChI=1S/C20H22N2O3S/c1-5-15(20(24)25)22-17(11(2)3)21-18-16(19(22)23)14(10-26-18)13-8-6-12(4)7-9-13/h6-11,15H,5H2,1-4H3,(H,24,25). The molecule has 1 N–H and O–H groups in total. The predicted octanol–water partition coefficient (Wildman–Crippen LogP) is 4.59. The molecule has 136 valence electrons. The van der Waals surface area contributed by atoms with Gasteiger partial charge in [-0.05, 0) is 18.9 Å². The van der Waals surface area contributed by atoms with Crippen molar-refractivity contribution in [2.45, 2.75) is 46.1 Å². The van der Waals surface area contributed by atoms with Gasteiger partial charge in [0.25, 0.3) is 5.56 Å². The average Bonchev–Trinajstić information content (AvgIpc) is 3.01. The summed E-state index contributed by atoms with van der Waals surface area (Å²) >= 11 is 1.42. The minimum absolute atomic E-state index is 0.0505. The molecule has 0 bridgehead atoms. The number of benzene rings is 1. The lowest BCUT2D eigenvalue weighted by Crippen LogP contribution is -2.33. The second-order valence-corrected chi connectivity index (χ2v) is 7.62. The zero-order valence-corrected chi connectivity index (χ0v) is 16.1. The average molecular weight is 370 g/mol. The van der Waals surface area contributed by atoms with Crippen LogP contribution in [0, 0.1) is 6.92 Å². The molecule has 3 aromatic rings. The first-order valence-electron chi connectivity index (χ1n) is 8.68. The van der Waals surface area contributed by atoms with Crippen LogP contribution in [-0.2, 0) is 4.79 Å². The Hall–Kier alpha value is -2.47. The number of aliphatic carboxylic acids is 1. The number of nitrogens with zero attached hydrogens (tertiary/aromatic N) is 2. The Morgan fingerprint density at radius 3 is 2.46 bits per heavy atom. The third-order valence-electron chi connectivity index (χ3n) is 4.53. The molecule has 0 saturated heterocycles. The lowest BCUT2D eigenvalue weighted by atomic mass is 10.0. The lowest BCUT2D eigenvalue weighted by Gasteiger charge is -2.20. The summed E-state index contributed by atoms with van der Waals surface area (Å²) in [5.41, 5.74) is 2.62. The zero-order chi connectivity index (χ0) is 19.0. The number of rotatable bonds is 5. The van der Waals surface area contributed by atoms with Crippen LogP contribution in [0.25, 0.3) is 21.3 Å². The van der Waals surface area contributed by atoms with Gasteiger partial charge in [0.1, 0.15) is 16.7 Å². The molecule has 1 unspecified atom stereocenters. The molecule has 6 heteroatoms. The summed E-state index contributed by atoms with van der Waals surface area (Å²) in [4.78, 5) is 30.4. The van der Waals surface area contributed by atoms with Gasteiger partial charge >= 0.3 is 5.97 Å². The molecule has 0 amide bonds. The Balaban J connectivity index is 2.35. The molecule has 0 aliphatic carbocycles. The van der Waals surface area contributed by atoms with Gasteiger partial charge < -0.3 is 5.11 Å². The van der Waals surface area contributed by atoms with Crippen molar-refractivity contribution in [1.82, 2.24) is 9.55 Å². The van der Waals surface area contributed by atoms with E-state index in [9.17, 15) is 14.7 Å². The maximum Gasteiger partial charge on any atom is 0.326 e. The number of fused-ring (bicyclic) bond motifs is 1. The smallest absolute Gasteiger partial charge is 0.326 e. The van der Waals surface area contributed by atoms with E-state index in [-0.39, 0.29) is 11.5 Å². The van der Waals surface area contributed by atoms with Gasteiger partial charge in [-0.15, -0.1) is 11.3 Å². The van der Waals surface area contributed by atoms with Gasteiger partial charge in [0.05, 0.1) is 5.39 Å². The topological polar surface area (TPSA) is 72.2 Å². The van der Waals surface area contributed by atoms with Crippen LogP contribution in [0.2, 0.25) is 0 Å². The summed E-state index contributed by atoms with van der Waals surface area (Å²) in [5, 5.41) is 12.0. The molecule has 2 aromatic heterocycles. The van der Waals surface area contributed by atoms with Gasteiger partial charge in [0, 0.05) is 16.9 Å². The molecule has 0 saturated carbocycles. The Morgan fingerprint density at radius 2 is 1.92 bits per heavy atom. The molecule has 1 aromatic carbocycles. The second-order valence-electron chi connectivity index (χ2n) is 6.76. The van der Waals surface area contributed by atoms with Crippen LogP contribution in [-0.4, -0.2) is 20.6 Å². The number of aryl methyl sites for hydroxylation is 1. The van der Waals surface area contributed by atoms with Gasteiger partial charge in [0.15, 0.2) is 0 Å². The SMILES string of the molecule is CCC(C(=O)O)n1c(C(C)C)nc2scc(-c3ccc(C)cc3)c2c1=O. The van der Waals surface area contributed by atoms with Crippen LogP contribution in [0.5, 0.6) is 0 Å². The normalized spacial score (nSPS) is 12.7. The van der Waals surface area contributed by atoms with Crippen LogP contribution >= 0.6 is 11.3 Å². The highest BCUT2D eigenvalue weighted by atomic mass is 32.1. The fourth-order valence-corrected chi connectivity index (χ4v) is 4.09. The van der Waals surface area contributed by atoms with Crippen molar-refractivity contribution < 1.29 is 9.90 Å². The van der Waals surface area contributed by atoms with E-state index in [4.69, 9.17) is 0 Å². The maximum absolute atomic E-state index is 13.3. The third kappa shape index (κ3) is 3.05. The zero-order valence-electron chi connectivity index (χ0n) is 15.3. The van der Waals surface area contributed by atoms with E-state index in [0.29, 0.717) is 22.5 Å². The highest BCUT2D eigenvalue weighted by Crippen LogP contribution is 2.32. The first-order chi connectivity index (χ1) is 12.3. The van der Waals surface area contributed by atoms with E-state index in [0.717, 1.165) is 16.7 Å². The molecule has 0 radical (unpaired) electrons. The molecular formula is C20H22N2O3S. The summed E-state index contributed by atoms with van der Waals surface area (Å²) in [6.07, 6.45) is 0.326. The monoisotopic (exact) mass is 370 g/mol. The maximum atomic E-state index is 13.3. The minimum atomic E-state index is -1.01. The third-order valence-corrected chi connectivity index (χ3v) is 5.40. The van der Waals surface area contributed by atoms with Crippen molar-refractivity contribution in [2.75, 3.05) is 0 Å². The van der Waals surface area contributed by atoms with Crippen LogP contribution in [0.15, 0.2) is 34.4 Å². The molecular weight excluding hydrogens is 348 g/mol. The van der Waals surface area contributed by atoms with E-state index < -0.39 is 12.0 Å². The molecule has 1 atom stereocenters. The number of hydrogen-bond donors (Lipinski definition) is 1. The summed E-state index contributed by atoms with van der Waals surface area (Å²) in [5.74, 6) is -0.538. The quantitative estimate of drug-likeness (QED) is 0.713. The van der Waals surface area contributed by atoms with Crippen molar-refractivity contribution >= 4 is 27.5 Å². The largest absolute Gasteiger partial charge is 0.480 e. The van der Waals surface area contributed by atoms with Gasteiger partial charge in [0.2, 0.25) is 0 Å². The first-order valence-corrected chi connectivity index (χ1v) is 9.56. The van der Waals surface area contributed by atoms with Crippen molar-refractivity contribution in [2.24, 2.45) is 0 Å². The number of carboxylic acid groups (broad SMARTS) is 1. The summed E-state index contributed by atoms with van der Waals surface area (Å²) in [7, 11) is 0. The van der Waals surface area contributed by atoms with Crippen LogP contribution in [0.1, 0.15) is 50.5 Å². The van der Waals surface area contributed by atoms with E-state index >= 15 is 0 Å². The summed E-state index contributed by atoms with van der Waals surface area (Å²) < 4.78 is 1.37.